The highest BCUT2D eigenvalue weighted by Gasteiger charge is 2.22. The average Bonchev–Trinajstić information content (AvgIpc) is 1.82. The summed E-state index contributed by atoms with van der Waals surface area (Å²) in [6.45, 7) is 5.14. The highest BCUT2D eigenvalue weighted by atomic mass is 35.5. The Bertz CT molecular complexity index is 190. The highest BCUT2D eigenvalue weighted by molar-refractivity contribution is 6.31. The molecule has 0 aliphatic heterocycles. The summed E-state index contributed by atoms with van der Waals surface area (Å²) in [4.78, 5) is 10.8. The Morgan fingerprint density at radius 1 is 1.64 bits per heavy atom. The van der Waals surface area contributed by atoms with Gasteiger partial charge in [0, 0.05) is 0 Å². The predicted octanol–water partition coefficient (Wildman–Crippen LogP) is 1.46. The summed E-state index contributed by atoms with van der Waals surface area (Å²) in [7, 11) is 0. The molecule has 0 spiro atoms. The normalized spacial score (nSPS) is 13.4. The van der Waals surface area contributed by atoms with Crippen LogP contribution in [0.15, 0.2) is 0 Å². The van der Waals surface area contributed by atoms with E-state index in [0.717, 1.165) is 0 Å². The Labute approximate surface area is 70.9 Å². The van der Waals surface area contributed by atoms with E-state index in [-0.39, 0.29) is 0 Å². The maximum Gasteiger partial charge on any atom is 0.339 e. The Hall–Kier alpha value is -0.750. The molecule has 0 saturated carbocycles. The quantitative estimate of drug-likeness (QED) is 0.448. The number of ether oxygens (including phenoxy) is 1. The van der Waals surface area contributed by atoms with Crippen LogP contribution in [0.2, 0.25) is 0 Å². The molecular formula is C7H10ClNO2. The number of esters is 1. The lowest BCUT2D eigenvalue weighted by atomic mass is 10.2. The molecule has 0 fully saturated rings. The van der Waals surface area contributed by atoms with E-state index in [9.17, 15) is 4.79 Å². The molecule has 3 nitrogen and oxygen atoms in total. The zero-order valence-corrected chi connectivity index (χ0v) is 7.47. The van der Waals surface area contributed by atoms with Gasteiger partial charge < -0.3 is 4.74 Å². The van der Waals surface area contributed by atoms with E-state index in [2.05, 4.69) is 0 Å². The molecule has 0 rings (SSSR count). The molecule has 1 atom stereocenters. The second kappa shape index (κ2) is 3.59. The van der Waals surface area contributed by atoms with Gasteiger partial charge in [0.1, 0.15) is 5.60 Å². The monoisotopic (exact) mass is 175 g/mol. The summed E-state index contributed by atoms with van der Waals surface area (Å²) >= 11 is 5.29. The zero-order chi connectivity index (χ0) is 9.07. The second-order valence-electron chi connectivity index (χ2n) is 3.03. The molecule has 0 aromatic carbocycles. The van der Waals surface area contributed by atoms with Crippen molar-refractivity contribution in [2.45, 2.75) is 31.7 Å². The van der Waals surface area contributed by atoms with E-state index >= 15 is 0 Å². The topological polar surface area (TPSA) is 50.1 Å². The third-order valence-electron chi connectivity index (χ3n) is 0.727. The largest absolute Gasteiger partial charge is 0.458 e. The molecule has 0 bridgehead atoms. The lowest BCUT2D eigenvalue weighted by Gasteiger charge is -2.19. The number of halogens is 1. The van der Waals surface area contributed by atoms with Gasteiger partial charge in [0.15, 0.2) is 0 Å². The average molecular weight is 176 g/mol. The van der Waals surface area contributed by atoms with Crippen molar-refractivity contribution in [2.24, 2.45) is 0 Å². The van der Waals surface area contributed by atoms with Crippen LogP contribution in [-0.2, 0) is 9.53 Å². The number of carbonyl (C=O) groups is 1. The molecule has 0 heterocycles. The van der Waals surface area contributed by atoms with E-state index in [0.29, 0.717) is 0 Å². The van der Waals surface area contributed by atoms with Crippen molar-refractivity contribution < 1.29 is 9.53 Å². The fourth-order valence-electron chi connectivity index (χ4n) is 0.406. The van der Waals surface area contributed by atoms with Gasteiger partial charge in [-0.1, -0.05) is 11.6 Å². The minimum absolute atomic E-state index is 0.582. The van der Waals surface area contributed by atoms with Crippen molar-refractivity contribution in [1.29, 1.82) is 5.26 Å². The maximum atomic E-state index is 10.8. The smallest absolute Gasteiger partial charge is 0.339 e. The molecule has 0 aromatic rings. The highest BCUT2D eigenvalue weighted by Crippen LogP contribution is 2.10. The Kier molecular flexibility index (Phi) is 3.34. The minimum Gasteiger partial charge on any atom is -0.458 e. The van der Waals surface area contributed by atoms with Crippen LogP contribution in [0.4, 0.5) is 0 Å². The first-order chi connectivity index (χ1) is 4.87. The van der Waals surface area contributed by atoms with Crippen LogP contribution in [-0.4, -0.2) is 16.9 Å². The van der Waals surface area contributed by atoms with Crippen LogP contribution < -0.4 is 0 Å². The van der Waals surface area contributed by atoms with Gasteiger partial charge in [0.05, 0.1) is 6.07 Å². The summed E-state index contributed by atoms with van der Waals surface area (Å²) in [5, 5.41) is 7.02. The SMILES string of the molecule is CC(C)(C)OC(=O)C(Cl)C#N. The van der Waals surface area contributed by atoms with Gasteiger partial charge in [-0.2, -0.15) is 5.26 Å². The van der Waals surface area contributed by atoms with Crippen molar-refractivity contribution >= 4 is 17.6 Å². The summed E-state index contributed by atoms with van der Waals surface area (Å²) in [6.07, 6.45) is 0. The van der Waals surface area contributed by atoms with E-state index in [4.69, 9.17) is 21.6 Å². The van der Waals surface area contributed by atoms with Gasteiger partial charge >= 0.3 is 5.97 Å². The number of alkyl halides is 1. The zero-order valence-electron chi connectivity index (χ0n) is 6.72. The molecular weight excluding hydrogens is 166 g/mol. The number of nitriles is 1. The number of hydrogen-bond acceptors (Lipinski definition) is 3. The van der Waals surface area contributed by atoms with Crippen LogP contribution in [0.1, 0.15) is 20.8 Å². The van der Waals surface area contributed by atoms with E-state index < -0.39 is 16.9 Å². The molecule has 0 N–H and O–H groups in total. The van der Waals surface area contributed by atoms with Crippen LogP contribution in [0.3, 0.4) is 0 Å². The third kappa shape index (κ3) is 4.63. The van der Waals surface area contributed by atoms with Gasteiger partial charge in [-0.3, -0.25) is 0 Å². The molecule has 0 aliphatic rings. The molecule has 1 unspecified atom stereocenters. The molecule has 0 amide bonds. The van der Waals surface area contributed by atoms with Crippen molar-refractivity contribution in [3.63, 3.8) is 0 Å². The third-order valence-corrected chi connectivity index (χ3v) is 1.00. The van der Waals surface area contributed by atoms with Crippen LogP contribution in [0.5, 0.6) is 0 Å². The summed E-state index contributed by atoms with van der Waals surface area (Å²) in [5.74, 6) is -0.693. The first kappa shape index (κ1) is 10.2. The maximum absolute atomic E-state index is 10.8. The fourth-order valence-corrected chi connectivity index (χ4v) is 0.451. The van der Waals surface area contributed by atoms with Crippen molar-refractivity contribution in [3.05, 3.63) is 0 Å². The fraction of sp³-hybridized carbons (Fsp3) is 0.714. The molecule has 0 saturated heterocycles. The number of rotatable bonds is 1. The van der Waals surface area contributed by atoms with Crippen molar-refractivity contribution in [2.75, 3.05) is 0 Å². The predicted molar refractivity (Wildman–Crippen MR) is 41.1 cm³/mol. The van der Waals surface area contributed by atoms with E-state index in [1.807, 2.05) is 0 Å². The van der Waals surface area contributed by atoms with Gasteiger partial charge in [-0.05, 0) is 20.8 Å². The standard InChI is InChI=1S/C7H10ClNO2/c1-7(2,3)11-6(10)5(8)4-9/h5H,1-3H3. The summed E-state index contributed by atoms with van der Waals surface area (Å²) < 4.78 is 4.80. The van der Waals surface area contributed by atoms with Gasteiger partial charge in [-0.25, -0.2) is 4.79 Å². The van der Waals surface area contributed by atoms with Crippen LogP contribution in [0, 0.1) is 11.3 Å². The van der Waals surface area contributed by atoms with Crippen LogP contribution >= 0.6 is 11.6 Å². The molecule has 62 valence electrons. The summed E-state index contributed by atoms with van der Waals surface area (Å²) in [5.41, 5.74) is -0.582. The number of hydrogen-bond donors (Lipinski definition) is 0. The van der Waals surface area contributed by atoms with Gasteiger partial charge in [0.2, 0.25) is 5.38 Å². The van der Waals surface area contributed by atoms with Gasteiger partial charge in [0.25, 0.3) is 0 Å². The Balaban J connectivity index is 4.01. The molecule has 0 aliphatic carbocycles. The minimum atomic E-state index is -1.20. The van der Waals surface area contributed by atoms with Crippen molar-refractivity contribution in [3.8, 4) is 6.07 Å². The molecule has 4 heteroatoms. The molecule has 0 aromatic heterocycles. The van der Waals surface area contributed by atoms with E-state index in [1.54, 1.807) is 26.8 Å². The lowest BCUT2D eigenvalue weighted by Crippen LogP contribution is -2.28. The number of carbonyl (C=O) groups excluding carboxylic acids is 1. The van der Waals surface area contributed by atoms with Gasteiger partial charge in [-0.15, -0.1) is 0 Å². The second-order valence-corrected chi connectivity index (χ2v) is 3.46. The van der Waals surface area contributed by atoms with Crippen molar-refractivity contribution in [1.82, 2.24) is 0 Å². The first-order valence-electron chi connectivity index (χ1n) is 3.13. The Morgan fingerprint density at radius 3 is 2.36 bits per heavy atom. The summed E-state index contributed by atoms with van der Waals surface area (Å²) in [6, 6.07) is 1.58. The number of nitrogens with zero attached hydrogens (tertiary/aromatic N) is 1. The van der Waals surface area contributed by atoms with E-state index in [1.165, 1.54) is 0 Å². The lowest BCUT2D eigenvalue weighted by molar-refractivity contribution is -0.153. The molecule has 0 radical (unpaired) electrons. The Morgan fingerprint density at radius 2 is 2.09 bits per heavy atom. The molecule has 11 heavy (non-hydrogen) atoms. The van der Waals surface area contributed by atoms with Crippen LogP contribution in [0.25, 0.3) is 0 Å². The first-order valence-corrected chi connectivity index (χ1v) is 3.57.